The summed E-state index contributed by atoms with van der Waals surface area (Å²) < 4.78 is 0. The van der Waals surface area contributed by atoms with Crippen LogP contribution < -0.4 is 10.6 Å². The molecule has 8 heteroatoms. The summed E-state index contributed by atoms with van der Waals surface area (Å²) in [6, 6.07) is 4.77. The van der Waals surface area contributed by atoms with Crippen LogP contribution >= 0.6 is 22.7 Å². The molecule has 2 amide bonds. The van der Waals surface area contributed by atoms with Gasteiger partial charge in [0, 0.05) is 10.3 Å². The van der Waals surface area contributed by atoms with Crippen molar-refractivity contribution in [1.82, 2.24) is 5.32 Å². The molecule has 0 saturated heterocycles. The van der Waals surface area contributed by atoms with E-state index in [1.165, 1.54) is 11.4 Å². The molecule has 6 nitrogen and oxygen atoms in total. The first kappa shape index (κ1) is 12.5. The number of amides is 2. The van der Waals surface area contributed by atoms with Gasteiger partial charge in [-0.3, -0.25) is 10.1 Å². The molecule has 94 valence electrons. The Hall–Kier alpha value is -1.93. The predicted molar refractivity (Wildman–Crippen MR) is 71.2 cm³/mol. The number of nitrogens with one attached hydrogen (secondary N) is 2. The number of carbonyl (C=O) groups is 1. The van der Waals surface area contributed by atoms with Gasteiger partial charge in [0.25, 0.3) is 0 Å². The van der Waals surface area contributed by atoms with Gasteiger partial charge in [-0.05, 0) is 11.4 Å². The summed E-state index contributed by atoms with van der Waals surface area (Å²) >= 11 is 2.53. The van der Waals surface area contributed by atoms with E-state index in [9.17, 15) is 14.9 Å². The Kier molecular flexibility index (Phi) is 3.90. The third-order valence-electron chi connectivity index (χ3n) is 2.03. The minimum Gasteiger partial charge on any atom is -0.333 e. The van der Waals surface area contributed by atoms with Gasteiger partial charge in [0.05, 0.1) is 23.2 Å². The van der Waals surface area contributed by atoms with Crippen LogP contribution in [0.4, 0.5) is 15.5 Å². The molecule has 0 radical (unpaired) electrons. The summed E-state index contributed by atoms with van der Waals surface area (Å²) in [5.41, 5.74) is 0.426. The zero-order valence-electron chi connectivity index (χ0n) is 9.08. The molecule has 0 atom stereocenters. The van der Waals surface area contributed by atoms with Gasteiger partial charge in [-0.2, -0.15) is 0 Å². The van der Waals surface area contributed by atoms with E-state index in [0.29, 0.717) is 12.2 Å². The highest BCUT2D eigenvalue weighted by Crippen LogP contribution is 2.25. The van der Waals surface area contributed by atoms with Crippen LogP contribution in [0.2, 0.25) is 0 Å². The second-order valence-corrected chi connectivity index (χ2v) is 5.24. The lowest BCUT2D eigenvalue weighted by Crippen LogP contribution is -2.27. The number of carbonyl (C=O) groups excluding carboxylic acids is 1. The standard InChI is InChI=1S/C10H9N3O3S2/c14-10(11-5-8-2-1-3-17-8)12-7-4-9(13(15)16)18-6-7/h1-4,6H,5H2,(H2,11,12,14). The van der Waals surface area contributed by atoms with E-state index in [0.717, 1.165) is 16.2 Å². The van der Waals surface area contributed by atoms with Gasteiger partial charge in [0.2, 0.25) is 0 Å². The molecule has 2 aromatic heterocycles. The molecule has 0 aliphatic rings. The van der Waals surface area contributed by atoms with Gasteiger partial charge in [-0.1, -0.05) is 17.4 Å². The lowest BCUT2D eigenvalue weighted by Gasteiger charge is -2.03. The fourth-order valence-corrected chi connectivity index (χ4v) is 2.54. The molecule has 2 heterocycles. The Morgan fingerprint density at radius 3 is 2.89 bits per heavy atom. The van der Waals surface area contributed by atoms with Crippen molar-refractivity contribution in [3.8, 4) is 0 Å². The largest absolute Gasteiger partial charge is 0.333 e. The molecule has 18 heavy (non-hydrogen) atoms. The van der Waals surface area contributed by atoms with Crippen LogP contribution in [0.15, 0.2) is 29.0 Å². The topological polar surface area (TPSA) is 84.3 Å². The molecular weight excluding hydrogens is 274 g/mol. The highest BCUT2D eigenvalue weighted by molar-refractivity contribution is 7.13. The zero-order chi connectivity index (χ0) is 13.0. The molecular formula is C10H9N3O3S2. The SMILES string of the molecule is O=C(NCc1cccs1)Nc1csc([N+](=O)[O-])c1. The summed E-state index contributed by atoms with van der Waals surface area (Å²) in [4.78, 5) is 22.5. The second-order valence-electron chi connectivity index (χ2n) is 3.32. The van der Waals surface area contributed by atoms with Crippen molar-refractivity contribution in [2.75, 3.05) is 5.32 Å². The number of rotatable bonds is 4. The molecule has 0 aromatic carbocycles. The van der Waals surface area contributed by atoms with E-state index in [1.807, 2.05) is 17.5 Å². The smallest absolute Gasteiger partial charge is 0.326 e. The van der Waals surface area contributed by atoms with Crippen molar-refractivity contribution < 1.29 is 9.72 Å². The van der Waals surface area contributed by atoms with Crippen molar-refractivity contribution >= 4 is 39.4 Å². The number of urea groups is 1. The van der Waals surface area contributed by atoms with Gasteiger partial charge < -0.3 is 10.6 Å². The maximum Gasteiger partial charge on any atom is 0.326 e. The molecule has 0 aliphatic carbocycles. The second kappa shape index (κ2) is 5.61. The molecule has 2 N–H and O–H groups in total. The van der Waals surface area contributed by atoms with Crippen LogP contribution in [0, 0.1) is 10.1 Å². The first-order chi connectivity index (χ1) is 8.65. The van der Waals surface area contributed by atoms with Crippen molar-refractivity contribution in [2.24, 2.45) is 0 Å². The minimum absolute atomic E-state index is 0.00329. The molecule has 2 aromatic rings. The van der Waals surface area contributed by atoms with Crippen molar-refractivity contribution in [2.45, 2.75) is 6.54 Å². The van der Waals surface area contributed by atoms with E-state index in [1.54, 1.807) is 11.3 Å². The van der Waals surface area contributed by atoms with Crippen molar-refractivity contribution in [3.05, 3.63) is 44.0 Å². The molecule has 0 fully saturated rings. The molecule has 0 aliphatic heterocycles. The van der Waals surface area contributed by atoms with Gasteiger partial charge in [0.1, 0.15) is 0 Å². The predicted octanol–water partition coefficient (Wildman–Crippen LogP) is 3.04. The molecule has 2 rings (SSSR count). The van der Waals surface area contributed by atoms with Crippen LogP contribution in [-0.4, -0.2) is 11.0 Å². The Bertz CT molecular complexity index is 550. The van der Waals surface area contributed by atoms with Gasteiger partial charge >= 0.3 is 11.0 Å². The van der Waals surface area contributed by atoms with E-state index < -0.39 is 4.92 Å². The normalized spacial score (nSPS) is 10.0. The quantitative estimate of drug-likeness (QED) is 0.668. The van der Waals surface area contributed by atoms with E-state index >= 15 is 0 Å². The lowest BCUT2D eigenvalue weighted by molar-refractivity contribution is -0.380. The first-order valence-electron chi connectivity index (χ1n) is 4.95. The Balaban J connectivity index is 1.85. The third kappa shape index (κ3) is 3.28. The van der Waals surface area contributed by atoms with Gasteiger partial charge in [0.15, 0.2) is 0 Å². The average molecular weight is 283 g/mol. The van der Waals surface area contributed by atoms with Crippen LogP contribution in [0.1, 0.15) is 4.88 Å². The minimum atomic E-state index is -0.487. The third-order valence-corrected chi connectivity index (χ3v) is 3.78. The number of hydrogen-bond acceptors (Lipinski definition) is 5. The number of hydrogen-bond donors (Lipinski definition) is 2. The van der Waals surface area contributed by atoms with Gasteiger partial charge in [-0.25, -0.2) is 4.79 Å². The summed E-state index contributed by atoms with van der Waals surface area (Å²) in [6.45, 7) is 0.440. The number of anilines is 1. The van der Waals surface area contributed by atoms with Crippen molar-refractivity contribution in [3.63, 3.8) is 0 Å². The zero-order valence-corrected chi connectivity index (χ0v) is 10.7. The van der Waals surface area contributed by atoms with Crippen LogP contribution in [0.3, 0.4) is 0 Å². The van der Waals surface area contributed by atoms with E-state index in [4.69, 9.17) is 0 Å². The number of nitrogens with zero attached hydrogens (tertiary/aromatic N) is 1. The summed E-state index contributed by atoms with van der Waals surface area (Å²) in [5, 5.41) is 19.1. The monoisotopic (exact) mass is 283 g/mol. The summed E-state index contributed by atoms with van der Waals surface area (Å²) in [7, 11) is 0. The maximum absolute atomic E-state index is 11.5. The molecule has 0 saturated carbocycles. The van der Waals surface area contributed by atoms with Gasteiger partial charge in [-0.15, -0.1) is 11.3 Å². The highest BCUT2D eigenvalue weighted by Gasteiger charge is 2.11. The Labute approximate surface area is 110 Å². The molecule has 0 spiro atoms. The Morgan fingerprint density at radius 1 is 1.44 bits per heavy atom. The maximum atomic E-state index is 11.5. The number of thiophene rings is 2. The summed E-state index contributed by atoms with van der Waals surface area (Å²) in [6.07, 6.45) is 0. The van der Waals surface area contributed by atoms with Crippen LogP contribution in [0.5, 0.6) is 0 Å². The van der Waals surface area contributed by atoms with Crippen LogP contribution in [0.25, 0.3) is 0 Å². The van der Waals surface area contributed by atoms with E-state index in [2.05, 4.69) is 10.6 Å². The highest BCUT2D eigenvalue weighted by atomic mass is 32.1. The fourth-order valence-electron chi connectivity index (χ4n) is 1.24. The lowest BCUT2D eigenvalue weighted by atomic mass is 10.4. The average Bonchev–Trinajstić information content (AvgIpc) is 2.96. The van der Waals surface area contributed by atoms with E-state index in [-0.39, 0.29) is 11.0 Å². The molecule has 0 unspecified atom stereocenters. The Morgan fingerprint density at radius 2 is 2.28 bits per heavy atom. The first-order valence-corrected chi connectivity index (χ1v) is 6.71. The van der Waals surface area contributed by atoms with Crippen molar-refractivity contribution in [1.29, 1.82) is 0 Å². The number of nitro groups is 1. The fraction of sp³-hybridized carbons (Fsp3) is 0.100. The molecule has 0 bridgehead atoms. The summed E-state index contributed by atoms with van der Waals surface area (Å²) in [5.74, 6) is 0. The van der Waals surface area contributed by atoms with Crippen LogP contribution in [-0.2, 0) is 6.54 Å².